The molecule has 2 atom stereocenters. The monoisotopic (exact) mass is 254 g/mol. The van der Waals surface area contributed by atoms with E-state index in [4.69, 9.17) is 5.73 Å². The molecule has 2 unspecified atom stereocenters. The van der Waals surface area contributed by atoms with Gasteiger partial charge in [0.15, 0.2) is 0 Å². The first-order valence-corrected chi connectivity index (χ1v) is 7.22. The fourth-order valence-corrected chi connectivity index (χ4v) is 3.37. The highest BCUT2D eigenvalue weighted by atomic mass is 32.1. The van der Waals surface area contributed by atoms with E-state index in [2.05, 4.69) is 57.2 Å². The van der Waals surface area contributed by atoms with E-state index in [1.54, 1.807) is 0 Å². The molecule has 2 N–H and O–H groups in total. The first kappa shape index (κ1) is 14.7. The second kappa shape index (κ2) is 5.98. The average molecular weight is 254 g/mol. The number of nitrogens with zero attached hydrogens (tertiary/aromatic N) is 1. The summed E-state index contributed by atoms with van der Waals surface area (Å²) in [7, 11) is 2.19. The highest BCUT2D eigenvalue weighted by molar-refractivity contribution is 7.09. The first-order chi connectivity index (χ1) is 7.86. The topological polar surface area (TPSA) is 29.3 Å². The first-order valence-electron chi connectivity index (χ1n) is 6.34. The van der Waals surface area contributed by atoms with Crippen molar-refractivity contribution in [3.8, 4) is 0 Å². The maximum absolute atomic E-state index is 6.29. The fourth-order valence-electron chi connectivity index (χ4n) is 2.60. The number of hydrogen-bond acceptors (Lipinski definition) is 3. The molecule has 0 saturated heterocycles. The summed E-state index contributed by atoms with van der Waals surface area (Å²) in [5.41, 5.74) is 6.50. The van der Waals surface area contributed by atoms with Crippen LogP contribution in [-0.2, 0) is 6.54 Å². The summed E-state index contributed by atoms with van der Waals surface area (Å²) in [5.74, 6) is 0. The van der Waals surface area contributed by atoms with Crippen molar-refractivity contribution in [2.45, 2.75) is 52.7 Å². The third-order valence-electron chi connectivity index (χ3n) is 3.22. The molecule has 1 heterocycles. The van der Waals surface area contributed by atoms with Crippen LogP contribution >= 0.6 is 11.3 Å². The van der Waals surface area contributed by atoms with Gasteiger partial charge in [0.2, 0.25) is 0 Å². The lowest BCUT2D eigenvalue weighted by Crippen LogP contribution is -2.52. The van der Waals surface area contributed by atoms with Gasteiger partial charge in [0.25, 0.3) is 0 Å². The highest BCUT2D eigenvalue weighted by Crippen LogP contribution is 2.28. The maximum atomic E-state index is 6.29. The maximum Gasteiger partial charge on any atom is 0.0328 e. The molecule has 1 rings (SSSR count). The van der Waals surface area contributed by atoms with E-state index in [0.29, 0.717) is 6.04 Å². The zero-order valence-corrected chi connectivity index (χ0v) is 12.6. The molecule has 0 spiro atoms. The van der Waals surface area contributed by atoms with Gasteiger partial charge < -0.3 is 5.73 Å². The van der Waals surface area contributed by atoms with Gasteiger partial charge in [0, 0.05) is 23.5 Å². The number of likely N-dealkylation sites (N-methyl/N-ethyl adjacent to an activating group) is 1. The van der Waals surface area contributed by atoms with E-state index in [9.17, 15) is 0 Å². The van der Waals surface area contributed by atoms with Crippen LogP contribution in [0.3, 0.4) is 0 Å². The Balaban J connectivity index is 2.76. The Hall–Kier alpha value is -0.380. The summed E-state index contributed by atoms with van der Waals surface area (Å²) in [4.78, 5) is 3.81. The van der Waals surface area contributed by atoms with E-state index in [1.807, 2.05) is 11.3 Å². The second-order valence-electron chi connectivity index (χ2n) is 5.88. The van der Waals surface area contributed by atoms with Crippen molar-refractivity contribution in [1.29, 1.82) is 0 Å². The molecule has 2 nitrogen and oxygen atoms in total. The van der Waals surface area contributed by atoms with Crippen molar-refractivity contribution in [1.82, 2.24) is 4.90 Å². The molecule has 17 heavy (non-hydrogen) atoms. The van der Waals surface area contributed by atoms with Gasteiger partial charge >= 0.3 is 0 Å². The predicted molar refractivity (Wildman–Crippen MR) is 77.3 cm³/mol. The molecule has 0 aromatic carbocycles. The Labute approximate surface area is 110 Å². The number of thiophene rings is 1. The van der Waals surface area contributed by atoms with Crippen LogP contribution in [0.4, 0.5) is 0 Å². The zero-order chi connectivity index (χ0) is 13.1. The van der Waals surface area contributed by atoms with Crippen LogP contribution in [0.25, 0.3) is 0 Å². The Kier molecular flexibility index (Phi) is 5.17. The second-order valence-corrected chi connectivity index (χ2v) is 6.91. The van der Waals surface area contributed by atoms with Gasteiger partial charge in [-0.1, -0.05) is 33.8 Å². The Bertz CT molecular complexity index is 313. The molecule has 0 aliphatic rings. The molecular formula is C14H26N2S. The minimum Gasteiger partial charge on any atom is -0.326 e. The van der Waals surface area contributed by atoms with E-state index in [1.165, 1.54) is 4.88 Å². The van der Waals surface area contributed by atoms with Crippen molar-refractivity contribution < 1.29 is 0 Å². The lowest BCUT2D eigenvalue weighted by molar-refractivity contribution is 0.0947. The van der Waals surface area contributed by atoms with Gasteiger partial charge in [-0.3, -0.25) is 4.90 Å². The van der Waals surface area contributed by atoms with Crippen LogP contribution in [0.5, 0.6) is 0 Å². The van der Waals surface area contributed by atoms with E-state index >= 15 is 0 Å². The van der Waals surface area contributed by atoms with Gasteiger partial charge in [0.05, 0.1) is 0 Å². The van der Waals surface area contributed by atoms with Gasteiger partial charge in [-0.05, 0) is 30.3 Å². The van der Waals surface area contributed by atoms with Crippen molar-refractivity contribution in [2.75, 3.05) is 7.05 Å². The molecule has 0 saturated carbocycles. The summed E-state index contributed by atoms with van der Waals surface area (Å²) < 4.78 is 0. The Morgan fingerprint density at radius 1 is 1.41 bits per heavy atom. The molecule has 98 valence electrons. The standard InChI is InChI=1S/C14H26N2S/c1-6-12(15)13(14(2,3)4)16(5)10-11-8-7-9-17-11/h7-9,12-13H,6,10,15H2,1-5H3. The van der Waals surface area contributed by atoms with Crippen LogP contribution in [0, 0.1) is 5.41 Å². The smallest absolute Gasteiger partial charge is 0.0328 e. The van der Waals surface area contributed by atoms with Crippen molar-refractivity contribution >= 4 is 11.3 Å². The average Bonchev–Trinajstić information content (AvgIpc) is 2.67. The van der Waals surface area contributed by atoms with Crippen LogP contribution in [-0.4, -0.2) is 24.0 Å². The molecule has 1 aromatic rings. The van der Waals surface area contributed by atoms with Crippen LogP contribution in [0.15, 0.2) is 17.5 Å². The normalized spacial score (nSPS) is 16.2. The Morgan fingerprint density at radius 3 is 2.47 bits per heavy atom. The SMILES string of the molecule is CCC(N)C(N(C)Cc1cccs1)C(C)(C)C. The molecule has 0 aliphatic carbocycles. The molecule has 0 bridgehead atoms. The lowest BCUT2D eigenvalue weighted by Gasteiger charge is -2.41. The predicted octanol–water partition coefficient (Wildman–Crippen LogP) is 3.33. The van der Waals surface area contributed by atoms with Crippen molar-refractivity contribution in [2.24, 2.45) is 11.1 Å². The lowest BCUT2D eigenvalue weighted by atomic mass is 9.80. The molecule has 3 heteroatoms. The van der Waals surface area contributed by atoms with Gasteiger partial charge in [-0.15, -0.1) is 11.3 Å². The molecule has 0 radical (unpaired) electrons. The highest BCUT2D eigenvalue weighted by Gasteiger charge is 2.32. The van der Waals surface area contributed by atoms with Gasteiger partial charge in [-0.25, -0.2) is 0 Å². The third kappa shape index (κ3) is 4.09. The van der Waals surface area contributed by atoms with Crippen LogP contribution in [0.1, 0.15) is 39.0 Å². The number of rotatable bonds is 5. The quantitative estimate of drug-likeness (QED) is 0.873. The molecule has 0 aliphatic heterocycles. The van der Waals surface area contributed by atoms with Gasteiger partial charge in [0.1, 0.15) is 0 Å². The zero-order valence-electron chi connectivity index (χ0n) is 11.7. The van der Waals surface area contributed by atoms with E-state index < -0.39 is 0 Å². The van der Waals surface area contributed by atoms with E-state index in [0.717, 1.165) is 13.0 Å². The summed E-state index contributed by atoms with van der Waals surface area (Å²) >= 11 is 1.82. The van der Waals surface area contributed by atoms with Gasteiger partial charge in [-0.2, -0.15) is 0 Å². The Morgan fingerprint density at radius 2 is 2.06 bits per heavy atom. The molecule has 0 amide bonds. The molecular weight excluding hydrogens is 228 g/mol. The third-order valence-corrected chi connectivity index (χ3v) is 4.09. The van der Waals surface area contributed by atoms with Crippen molar-refractivity contribution in [3.05, 3.63) is 22.4 Å². The van der Waals surface area contributed by atoms with E-state index in [-0.39, 0.29) is 11.5 Å². The van der Waals surface area contributed by atoms with Crippen LogP contribution in [0.2, 0.25) is 0 Å². The summed E-state index contributed by atoms with van der Waals surface area (Å²) in [6.07, 6.45) is 1.02. The fraction of sp³-hybridized carbons (Fsp3) is 0.714. The number of hydrogen-bond donors (Lipinski definition) is 1. The summed E-state index contributed by atoms with van der Waals surface area (Å²) in [5, 5.41) is 2.13. The van der Waals surface area contributed by atoms with Crippen LogP contribution < -0.4 is 5.73 Å². The summed E-state index contributed by atoms with van der Waals surface area (Å²) in [6.45, 7) is 9.99. The van der Waals surface area contributed by atoms with Crippen molar-refractivity contribution in [3.63, 3.8) is 0 Å². The molecule has 0 fully saturated rings. The minimum atomic E-state index is 0.210. The number of nitrogens with two attached hydrogens (primary N) is 1. The minimum absolute atomic E-state index is 0.210. The molecule has 1 aromatic heterocycles. The largest absolute Gasteiger partial charge is 0.326 e. The summed E-state index contributed by atoms with van der Waals surface area (Å²) in [6, 6.07) is 4.95.